The van der Waals surface area contributed by atoms with Crippen LogP contribution >= 0.6 is 15.9 Å². The summed E-state index contributed by atoms with van der Waals surface area (Å²) in [7, 11) is 1.59. The molecule has 0 spiro atoms. The van der Waals surface area contributed by atoms with Gasteiger partial charge in [0.15, 0.2) is 23.0 Å². The Kier molecular flexibility index (Phi) is 6.41. The Labute approximate surface area is 194 Å². The first-order valence-electron chi connectivity index (χ1n) is 9.90. The number of hydrogen-bond acceptors (Lipinski definition) is 6. The number of rotatable bonds is 8. The van der Waals surface area contributed by atoms with E-state index in [-0.39, 0.29) is 12.4 Å². The van der Waals surface area contributed by atoms with E-state index in [4.69, 9.17) is 18.9 Å². The summed E-state index contributed by atoms with van der Waals surface area (Å²) in [5.41, 5.74) is 3.86. The van der Waals surface area contributed by atoms with E-state index >= 15 is 0 Å². The Balaban J connectivity index is 1.47. The number of aryl methyl sites for hydroxylation is 1. The lowest BCUT2D eigenvalue weighted by Crippen LogP contribution is -2.05. The van der Waals surface area contributed by atoms with Crippen LogP contribution in [0.1, 0.15) is 27.0 Å². The molecule has 0 aromatic heterocycles. The van der Waals surface area contributed by atoms with Gasteiger partial charge in [0.1, 0.15) is 6.61 Å². The predicted molar refractivity (Wildman–Crippen MR) is 123 cm³/mol. The van der Waals surface area contributed by atoms with E-state index < -0.39 is 5.97 Å². The molecule has 3 aromatic rings. The molecular weight excluding hydrogens is 478 g/mol. The molecule has 7 nitrogen and oxygen atoms in total. The molecule has 0 fully saturated rings. The van der Waals surface area contributed by atoms with Gasteiger partial charge < -0.3 is 29.4 Å². The number of carbonyl (C=O) groups is 1. The van der Waals surface area contributed by atoms with Crippen molar-refractivity contribution in [2.24, 2.45) is 0 Å². The number of benzene rings is 3. The van der Waals surface area contributed by atoms with E-state index in [2.05, 4.69) is 21.2 Å². The van der Waals surface area contributed by atoms with Crippen molar-refractivity contribution >= 4 is 27.6 Å². The lowest BCUT2D eigenvalue weighted by Gasteiger charge is -2.16. The number of halogens is 1. The minimum atomic E-state index is -0.957. The summed E-state index contributed by atoms with van der Waals surface area (Å²) in [4.78, 5) is 11.2. The maximum atomic E-state index is 11.2. The van der Waals surface area contributed by atoms with Gasteiger partial charge in [-0.15, -0.1) is 0 Å². The number of hydrogen-bond donors (Lipinski definition) is 2. The third kappa shape index (κ3) is 4.75. The van der Waals surface area contributed by atoms with Gasteiger partial charge in [-0.25, -0.2) is 4.79 Å². The van der Waals surface area contributed by atoms with Crippen molar-refractivity contribution in [2.45, 2.75) is 20.1 Å². The van der Waals surface area contributed by atoms with Crippen LogP contribution in [0.25, 0.3) is 0 Å². The Morgan fingerprint density at radius 3 is 2.69 bits per heavy atom. The molecule has 0 aliphatic carbocycles. The fourth-order valence-electron chi connectivity index (χ4n) is 3.34. The molecule has 8 heteroatoms. The van der Waals surface area contributed by atoms with Crippen LogP contribution in [0.3, 0.4) is 0 Å². The number of aromatic carboxylic acids is 1. The number of methoxy groups -OCH3 is 1. The van der Waals surface area contributed by atoms with Gasteiger partial charge in [0.05, 0.1) is 17.1 Å². The fourth-order valence-corrected chi connectivity index (χ4v) is 3.95. The number of ether oxygens (including phenoxy) is 4. The van der Waals surface area contributed by atoms with Gasteiger partial charge in [-0.05, 0) is 75.9 Å². The van der Waals surface area contributed by atoms with Crippen LogP contribution in [0, 0.1) is 6.92 Å². The minimum absolute atomic E-state index is 0.231. The molecule has 4 rings (SSSR count). The van der Waals surface area contributed by atoms with Gasteiger partial charge >= 0.3 is 5.97 Å². The van der Waals surface area contributed by atoms with E-state index in [9.17, 15) is 9.90 Å². The van der Waals surface area contributed by atoms with Crippen LogP contribution in [0.15, 0.2) is 53.0 Å². The smallest absolute Gasteiger partial charge is 0.335 e. The van der Waals surface area contributed by atoms with Gasteiger partial charge in [-0.1, -0.05) is 12.1 Å². The normalized spacial score (nSPS) is 11.8. The summed E-state index contributed by atoms with van der Waals surface area (Å²) in [6.07, 6.45) is 0. The van der Waals surface area contributed by atoms with E-state index in [1.807, 2.05) is 37.3 Å². The molecule has 32 heavy (non-hydrogen) atoms. The van der Waals surface area contributed by atoms with E-state index in [0.29, 0.717) is 30.4 Å². The zero-order chi connectivity index (χ0) is 22.7. The van der Waals surface area contributed by atoms with Crippen molar-refractivity contribution in [3.63, 3.8) is 0 Å². The highest BCUT2D eigenvalue weighted by Gasteiger charge is 2.16. The first kappa shape index (κ1) is 21.8. The van der Waals surface area contributed by atoms with E-state index in [1.54, 1.807) is 25.3 Å². The second-order valence-electron chi connectivity index (χ2n) is 7.27. The topological polar surface area (TPSA) is 86.3 Å². The molecule has 3 aromatic carbocycles. The molecule has 0 atom stereocenters. The minimum Gasteiger partial charge on any atom is -0.493 e. The number of fused-ring (bicyclic) bond motifs is 1. The largest absolute Gasteiger partial charge is 0.493 e. The SMILES string of the molecule is COc1cc(CNc2cc(C(=O)O)ccc2C)cc(Br)c1OCc1ccc2c(c1)OCO2. The van der Waals surface area contributed by atoms with Crippen molar-refractivity contribution in [1.29, 1.82) is 0 Å². The van der Waals surface area contributed by atoms with Crippen LogP contribution in [0.4, 0.5) is 5.69 Å². The first-order chi connectivity index (χ1) is 15.4. The van der Waals surface area contributed by atoms with Crippen LogP contribution in [-0.2, 0) is 13.2 Å². The number of nitrogens with one attached hydrogen (secondary N) is 1. The Bertz CT molecular complexity index is 1160. The zero-order valence-corrected chi connectivity index (χ0v) is 19.2. The molecule has 0 saturated carbocycles. The van der Waals surface area contributed by atoms with Gasteiger partial charge in [0.2, 0.25) is 6.79 Å². The van der Waals surface area contributed by atoms with Crippen molar-refractivity contribution < 1.29 is 28.8 Å². The second kappa shape index (κ2) is 9.40. The lowest BCUT2D eigenvalue weighted by atomic mass is 10.1. The second-order valence-corrected chi connectivity index (χ2v) is 8.13. The summed E-state index contributed by atoms with van der Waals surface area (Å²) >= 11 is 3.58. The molecule has 0 saturated heterocycles. The average molecular weight is 500 g/mol. The summed E-state index contributed by atoms with van der Waals surface area (Å²) in [6, 6.07) is 14.5. The Morgan fingerprint density at radius 2 is 1.91 bits per heavy atom. The van der Waals surface area contributed by atoms with Crippen LogP contribution in [0.2, 0.25) is 0 Å². The van der Waals surface area contributed by atoms with Gasteiger partial charge in [0, 0.05) is 12.2 Å². The predicted octanol–water partition coefficient (Wildman–Crippen LogP) is 5.38. The molecule has 166 valence electrons. The van der Waals surface area contributed by atoms with Gasteiger partial charge in [-0.2, -0.15) is 0 Å². The van der Waals surface area contributed by atoms with Crippen molar-refractivity contribution in [3.05, 3.63) is 75.3 Å². The number of anilines is 1. The average Bonchev–Trinajstić information content (AvgIpc) is 3.25. The van der Waals surface area contributed by atoms with E-state index in [1.165, 1.54) is 0 Å². The monoisotopic (exact) mass is 499 g/mol. The summed E-state index contributed by atoms with van der Waals surface area (Å²) in [5, 5.41) is 12.5. The highest BCUT2D eigenvalue weighted by atomic mass is 79.9. The van der Waals surface area contributed by atoms with Crippen LogP contribution < -0.4 is 24.3 Å². The van der Waals surface area contributed by atoms with Crippen LogP contribution in [-0.4, -0.2) is 25.0 Å². The zero-order valence-electron chi connectivity index (χ0n) is 17.6. The lowest BCUT2D eigenvalue weighted by molar-refractivity contribution is 0.0697. The summed E-state index contributed by atoms with van der Waals surface area (Å²) in [6.45, 7) is 2.98. The molecule has 2 N–H and O–H groups in total. The highest BCUT2D eigenvalue weighted by Crippen LogP contribution is 2.38. The Hall–Kier alpha value is -3.39. The quantitative estimate of drug-likeness (QED) is 0.429. The van der Waals surface area contributed by atoms with Crippen molar-refractivity contribution in [3.8, 4) is 23.0 Å². The third-order valence-electron chi connectivity index (χ3n) is 5.08. The van der Waals surface area contributed by atoms with Crippen molar-refractivity contribution in [1.82, 2.24) is 0 Å². The molecule has 1 aliphatic heterocycles. The number of carboxylic acids is 1. The molecule has 0 bridgehead atoms. The molecule has 0 unspecified atom stereocenters. The molecule has 0 amide bonds. The van der Waals surface area contributed by atoms with Gasteiger partial charge in [0.25, 0.3) is 0 Å². The first-order valence-corrected chi connectivity index (χ1v) is 10.7. The van der Waals surface area contributed by atoms with E-state index in [0.717, 1.165) is 32.6 Å². The van der Waals surface area contributed by atoms with Gasteiger partial charge in [-0.3, -0.25) is 0 Å². The van der Waals surface area contributed by atoms with Crippen molar-refractivity contribution in [2.75, 3.05) is 19.2 Å². The highest BCUT2D eigenvalue weighted by molar-refractivity contribution is 9.10. The maximum absolute atomic E-state index is 11.2. The summed E-state index contributed by atoms with van der Waals surface area (Å²) in [5.74, 6) is 1.67. The molecule has 0 radical (unpaired) electrons. The van der Waals surface area contributed by atoms with Crippen LogP contribution in [0.5, 0.6) is 23.0 Å². The summed E-state index contributed by atoms with van der Waals surface area (Å²) < 4.78 is 23.1. The maximum Gasteiger partial charge on any atom is 0.335 e. The standard InChI is InChI=1S/C24H22BrNO6/c1-14-3-5-17(24(27)28)10-19(14)26-11-16-7-18(25)23(22(9-16)29-2)30-12-15-4-6-20-21(8-15)32-13-31-20/h3-10,26H,11-13H2,1-2H3,(H,27,28). The molecule has 1 heterocycles. The number of carboxylic acid groups (broad SMARTS) is 1. The Morgan fingerprint density at radius 1 is 1.09 bits per heavy atom. The molecule has 1 aliphatic rings. The fraction of sp³-hybridized carbons (Fsp3) is 0.208. The molecular formula is C24H22BrNO6. The third-order valence-corrected chi connectivity index (χ3v) is 5.67.